The van der Waals surface area contributed by atoms with Crippen LogP contribution in [0.1, 0.15) is 17.7 Å². The van der Waals surface area contributed by atoms with Gasteiger partial charge in [0, 0.05) is 34.6 Å². The molecule has 5 rings (SSSR count). The zero-order valence-corrected chi connectivity index (χ0v) is 19.0. The summed E-state index contributed by atoms with van der Waals surface area (Å²) in [6, 6.07) is 21.5. The molecular weight excluding hydrogens is 444 g/mol. The highest BCUT2D eigenvalue weighted by Gasteiger charge is 2.11. The van der Waals surface area contributed by atoms with Crippen LogP contribution in [0.25, 0.3) is 10.2 Å². The zero-order valence-electron chi connectivity index (χ0n) is 16.6. The number of aromatic nitrogens is 2. The van der Waals surface area contributed by atoms with Gasteiger partial charge >= 0.3 is 0 Å². The second-order valence-electron chi connectivity index (χ2n) is 7.17. The highest BCUT2D eigenvalue weighted by molar-refractivity contribution is 7.99. The van der Waals surface area contributed by atoms with Gasteiger partial charge in [-0.3, -0.25) is 0 Å². The van der Waals surface area contributed by atoms with Gasteiger partial charge < -0.3 is 10.2 Å². The molecule has 0 saturated carbocycles. The minimum Gasteiger partial charge on any atom is -0.340 e. The molecule has 1 aliphatic heterocycles. The standard InChI is InChI=1S/C24H19ClN4S2/c25-21-14-17(8-9-22(21)30-18-6-2-1-3-7-18)28-23-20-15-19(31-24(20)27-16-26-23)10-13-29-11-4-5-12-29/h1-3,6-9,14-16H,4-5,11-12H2,(H,26,27,28). The normalized spacial score (nSPS) is 13.3. The van der Waals surface area contributed by atoms with Gasteiger partial charge in [0.1, 0.15) is 17.0 Å². The topological polar surface area (TPSA) is 41.1 Å². The molecule has 0 atom stereocenters. The van der Waals surface area contributed by atoms with Crippen LogP contribution in [0.15, 0.2) is 70.7 Å². The van der Waals surface area contributed by atoms with Crippen LogP contribution in [-0.2, 0) is 0 Å². The monoisotopic (exact) mass is 462 g/mol. The van der Waals surface area contributed by atoms with Crippen LogP contribution in [0.3, 0.4) is 0 Å². The molecule has 2 aromatic carbocycles. The largest absolute Gasteiger partial charge is 0.340 e. The van der Waals surface area contributed by atoms with Crippen LogP contribution in [-0.4, -0.2) is 28.0 Å². The molecule has 1 fully saturated rings. The van der Waals surface area contributed by atoms with Crippen LogP contribution >= 0.6 is 34.7 Å². The first-order chi connectivity index (χ1) is 15.2. The Balaban J connectivity index is 1.36. The van der Waals surface area contributed by atoms with Gasteiger partial charge in [-0.25, -0.2) is 9.97 Å². The van der Waals surface area contributed by atoms with E-state index in [0.29, 0.717) is 5.02 Å². The van der Waals surface area contributed by atoms with Crippen molar-refractivity contribution in [3.63, 3.8) is 0 Å². The highest BCUT2D eigenvalue weighted by atomic mass is 35.5. The van der Waals surface area contributed by atoms with Gasteiger partial charge in [-0.1, -0.05) is 41.6 Å². The van der Waals surface area contributed by atoms with E-state index in [9.17, 15) is 0 Å². The number of halogens is 1. The first-order valence-electron chi connectivity index (χ1n) is 10.1. The second kappa shape index (κ2) is 9.19. The third kappa shape index (κ3) is 4.80. The molecular formula is C24H19ClN4S2. The van der Waals surface area contributed by atoms with E-state index in [4.69, 9.17) is 11.6 Å². The number of anilines is 2. The van der Waals surface area contributed by atoms with Crippen molar-refractivity contribution < 1.29 is 0 Å². The molecule has 0 unspecified atom stereocenters. The van der Waals surface area contributed by atoms with Gasteiger partial charge in [0.15, 0.2) is 0 Å². The number of likely N-dealkylation sites (tertiary alicyclic amines) is 1. The minimum absolute atomic E-state index is 0.701. The molecule has 0 bridgehead atoms. The summed E-state index contributed by atoms with van der Waals surface area (Å²) in [4.78, 5) is 15.1. The lowest BCUT2D eigenvalue weighted by Crippen LogP contribution is -2.10. The van der Waals surface area contributed by atoms with Crippen LogP contribution in [0.4, 0.5) is 11.5 Å². The lowest BCUT2D eigenvalue weighted by molar-refractivity contribution is 0.496. The Hall–Kier alpha value is -2.72. The molecule has 7 heteroatoms. The van der Waals surface area contributed by atoms with Gasteiger partial charge in [-0.15, -0.1) is 11.3 Å². The average Bonchev–Trinajstić information content (AvgIpc) is 3.45. The molecule has 4 aromatic rings. The molecule has 1 aliphatic rings. The van der Waals surface area contributed by atoms with Crippen molar-refractivity contribution in [3.05, 3.63) is 70.8 Å². The van der Waals surface area contributed by atoms with E-state index in [1.54, 1.807) is 29.4 Å². The number of hydrogen-bond acceptors (Lipinski definition) is 6. The van der Waals surface area contributed by atoms with Crippen LogP contribution in [0, 0.1) is 12.0 Å². The maximum atomic E-state index is 6.56. The molecule has 1 saturated heterocycles. The molecule has 3 heterocycles. The van der Waals surface area contributed by atoms with Crippen molar-refractivity contribution >= 4 is 56.4 Å². The predicted molar refractivity (Wildman–Crippen MR) is 130 cm³/mol. The molecule has 0 aliphatic carbocycles. The quantitative estimate of drug-likeness (QED) is 0.344. The lowest BCUT2D eigenvalue weighted by Gasteiger charge is -2.09. The van der Waals surface area contributed by atoms with E-state index in [0.717, 1.165) is 49.5 Å². The van der Waals surface area contributed by atoms with Crippen molar-refractivity contribution in [1.29, 1.82) is 0 Å². The van der Waals surface area contributed by atoms with Crippen LogP contribution in [0.5, 0.6) is 0 Å². The van der Waals surface area contributed by atoms with E-state index in [1.165, 1.54) is 12.8 Å². The minimum atomic E-state index is 0.701. The summed E-state index contributed by atoms with van der Waals surface area (Å²) < 4.78 is 0. The molecule has 0 amide bonds. The first kappa shape index (κ1) is 20.2. The molecule has 4 nitrogen and oxygen atoms in total. The number of rotatable bonds is 4. The summed E-state index contributed by atoms with van der Waals surface area (Å²) in [5.74, 6) is 4.04. The third-order valence-corrected chi connectivity index (χ3v) is 7.41. The summed E-state index contributed by atoms with van der Waals surface area (Å²) in [5.41, 5.74) is 0.887. The van der Waals surface area contributed by atoms with Gasteiger partial charge in [-0.2, -0.15) is 0 Å². The van der Waals surface area contributed by atoms with Crippen LogP contribution in [0.2, 0.25) is 5.02 Å². The number of benzene rings is 2. The smallest absolute Gasteiger partial charge is 0.142 e. The summed E-state index contributed by atoms with van der Waals surface area (Å²) in [6.45, 7) is 2.12. The summed E-state index contributed by atoms with van der Waals surface area (Å²) >= 11 is 9.80. The third-order valence-electron chi connectivity index (χ3n) is 4.94. The Kier molecular flexibility index (Phi) is 5.99. The number of fused-ring (bicyclic) bond motifs is 1. The van der Waals surface area contributed by atoms with E-state index < -0.39 is 0 Å². The molecule has 1 N–H and O–H groups in total. The molecule has 154 valence electrons. The van der Waals surface area contributed by atoms with Gasteiger partial charge in [0.25, 0.3) is 0 Å². The molecule has 2 aromatic heterocycles. The van der Waals surface area contributed by atoms with Gasteiger partial charge in [0.05, 0.1) is 15.3 Å². The summed E-state index contributed by atoms with van der Waals surface area (Å²) in [6.07, 6.45) is 4.04. The maximum Gasteiger partial charge on any atom is 0.142 e. The lowest BCUT2D eigenvalue weighted by atomic mass is 10.3. The number of nitrogens with zero attached hydrogens (tertiary/aromatic N) is 3. The van der Waals surface area contributed by atoms with Gasteiger partial charge in [-0.05, 0) is 55.2 Å². The van der Waals surface area contributed by atoms with E-state index in [2.05, 4.69) is 50.3 Å². The van der Waals surface area contributed by atoms with E-state index in [1.807, 2.05) is 36.4 Å². The maximum absolute atomic E-state index is 6.56. The van der Waals surface area contributed by atoms with Crippen molar-refractivity contribution in [1.82, 2.24) is 14.9 Å². The van der Waals surface area contributed by atoms with Crippen molar-refractivity contribution in [3.8, 4) is 12.0 Å². The fraction of sp³-hybridized carbons (Fsp3) is 0.167. The Morgan fingerprint density at radius 3 is 2.68 bits per heavy atom. The number of thiophene rings is 1. The van der Waals surface area contributed by atoms with E-state index >= 15 is 0 Å². The predicted octanol–water partition coefficient (Wildman–Crippen LogP) is 6.64. The Bertz CT molecular complexity index is 1270. The number of nitrogens with one attached hydrogen (secondary N) is 1. The SMILES string of the molecule is Clc1cc(Nc2ncnc3sc(C#CN4CCCC4)cc23)ccc1Sc1ccccc1. The summed E-state index contributed by atoms with van der Waals surface area (Å²) in [5, 5.41) is 5.06. The fourth-order valence-electron chi connectivity index (χ4n) is 3.39. The van der Waals surface area contributed by atoms with E-state index in [-0.39, 0.29) is 0 Å². The fourth-order valence-corrected chi connectivity index (χ4v) is 5.38. The molecule has 0 radical (unpaired) electrons. The van der Waals surface area contributed by atoms with Crippen LogP contribution < -0.4 is 5.32 Å². The average molecular weight is 463 g/mol. The Morgan fingerprint density at radius 2 is 1.87 bits per heavy atom. The second-order valence-corrected chi connectivity index (χ2v) is 9.72. The Morgan fingerprint density at radius 1 is 1.03 bits per heavy atom. The van der Waals surface area contributed by atoms with Crippen molar-refractivity contribution in [2.24, 2.45) is 0 Å². The van der Waals surface area contributed by atoms with Crippen molar-refractivity contribution in [2.75, 3.05) is 18.4 Å². The molecule has 31 heavy (non-hydrogen) atoms. The van der Waals surface area contributed by atoms with Gasteiger partial charge in [0.2, 0.25) is 0 Å². The first-order valence-corrected chi connectivity index (χ1v) is 12.1. The molecule has 0 spiro atoms. The zero-order chi connectivity index (χ0) is 21.0. The highest BCUT2D eigenvalue weighted by Crippen LogP contribution is 2.36. The van der Waals surface area contributed by atoms with Crippen molar-refractivity contribution in [2.45, 2.75) is 22.6 Å². The Labute approximate surface area is 194 Å². The summed E-state index contributed by atoms with van der Waals surface area (Å²) in [7, 11) is 0. The number of hydrogen-bond donors (Lipinski definition) is 1.